The summed E-state index contributed by atoms with van der Waals surface area (Å²) in [5.74, 6) is -2.61. The van der Waals surface area contributed by atoms with Crippen molar-refractivity contribution in [3.8, 4) is 0 Å². The quantitative estimate of drug-likeness (QED) is 0.651. The fraction of sp³-hybridized carbons (Fsp3) is 0.391. The topological polar surface area (TPSA) is 34.1 Å². The predicted octanol–water partition coefficient (Wildman–Crippen LogP) is 5.26. The Labute approximate surface area is 158 Å². The molecule has 0 heterocycles. The monoisotopic (exact) mass is 370 g/mol. The van der Waals surface area contributed by atoms with Crippen molar-refractivity contribution in [2.45, 2.75) is 44.9 Å². The van der Waals surface area contributed by atoms with Crippen molar-refractivity contribution >= 4 is 11.6 Å². The first-order valence-electron chi connectivity index (χ1n) is 9.48. The van der Waals surface area contributed by atoms with Gasteiger partial charge >= 0.3 is 0 Å². The number of carbonyl (C=O) groups is 2. The second-order valence-corrected chi connectivity index (χ2v) is 7.48. The van der Waals surface area contributed by atoms with Gasteiger partial charge < -0.3 is 0 Å². The minimum absolute atomic E-state index is 0.0567. The van der Waals surface area contributed by atoms with E-state index in [0.29, 0.717) is 11.5 Å². The predicted molar refractivity (Wildman–Crippen MR) is 100 cm³/mol. The number of rotatable bonds is 6. The molecule has 1 atom stereocenters. The molecule has 2 aromatic carbocycles. The van der Waals surface area contributed by atoms with Gasteiger partial charge in [-0.1, -0.05) is 36.4 Å². The van der Waals surface area contributed by atoms with Crippen LogP contribution in [0.2, 0.25) is 0 Å². The second-order valence-electron chi connectivity index (χ2n) is 7.48. The van der Waals surface area contributed by atoms with Crippen molar-refractivity contribution in [2.75, 3.05) is 0 Å². The third-order valence-corrected chi connectivity index (χ3v) is 5.66. The summed E-state index contributed by atoms with van der Waals surface area (Å²) in [7, 11) is 0. The van der Waals surface area contributed by atoms with Crippen LogP contribution in [0.4, 0.5) is 8.78 Å². The van der Waals surface area contributed by atoms with E-state index in [1.165, 1.54) is 18.6 Å². The molecule has 0 amide bonds. The Morgan fingerprint density at radius 1 is 0.963 bits per heavy atom. The maximum atomic E-state index is 13.4. The number of benzene rings is 2. The number of ketones is 2. The molecule has 1 unspecified atom stereocenters. The molecule has 0 N–H and O–H groups in total. The Balaban J connectivity index is 1.65. The highest BCUT2D eigenvalue weighted by Gasteiger charge is 2.33. The Hall–Kier alpha value is -2.36. The van der Waals surface area contributed by atoms with Crippen molar-refractivity contribution in [1.29, 1.82) is 0 Å². The largest absolute Gasteiger partial charge is 0.299 e. The number of carbonyl (C=O) groups excluding carboxylic acids is 2. The summed E-state index contributed by atoms with van der Waals surface area (Å²) in [5, 5.41) is 0. The third-order valence-electron chi connectivity index (χ3n) is 5.66. The van der Waals surface area contributed by atoms with Crippen LogP contribution in [0.25, 0.3) is 0 Å². The Morgan fingerprint density at radius 3 is 2.22 bits per heavy atom. The van der Waals surface area contributed by atoms with Gasteiger partial charge in [0.15, 0.2) is 11.6 Å². The minimum atomic E-state index is -0.953. The fourth-order valence-corrected chi connectivity index (χ4v) is 4.07. The van der Waals surface area contributed by atoms with Crippen LogP contribution in [0, 0.1) is 23.5 Å². The Morgan fingerprint density at radius 2 is 1.63 bits per heavy atom. The molecule has 0 aromatic heterocycles. The summed E-state index contributed by atoms with van der Waals surface area (Å²) in [6.07, 6.45) is 3.51. The van der Waals surface area contributed by atoms with Crippen molar-refractivity contribution in [1.82, 2.24) is 0 Å². The summed E-state index contributed by atoms with van der Waals surface area (Å²) in [6.45, 7) is 1.40. The van der Waals surface area contributed by atoms with E-state index in [1.807, 2.05) is 18.2 Å². The summed E-state index contributed by atoms with van der Waals surface area (Å²) >= 11 is 0. The minimum Gasteiger partial charge on any atom is -0.299 e. The molecule has 0 saturated heterocycles. The lowest BCUT2D eigenvalue weighted by Gasteiger charge is -2.29. The van der Waals surface area contributed by atoms with Crippen molar-refractivity contribution in [3.05, 3.63) is 71.3 Å². The van der Waals surface area contributed by atoms with Crippen LogP contribution < -0.4 is 0 Å². The molecular formula is C23H24F2O2. The average Bonchev–Trinajstić information content (AvgIpc) is 2.69. The van der Waals surface area contributed by atoms with Crippen LogP contribution >= 0.6 is 0 Å². The molecule has 27 heavy (non-hydrogen) atoms. The fourth-order valence-electron chi connectivity index (χ4n) is 4.07. The van der Waals surface area contributed by atoms with Crippen LogP contribution in [0.15, 0.2) is 48.5 Å². The maximum Gasteiger partial charge on any atom is 0.159 e. The molecule has 0 spiro atoms. The van der Waals surface area contributed by atoms with Crippen LogP contribution in [0.5, 0.6) is 0 Å². The van der Waals surface area contributed by atoms with E-state index in [9.17, 15) is 18.4 Å². The highest BCUT2D eigenvalue weighted by molar-refractivity contribution is 6.02. The first-order valence-corrected chi connectivity index (χ1v) is 9.48. The molecule has 2 aromatic rings. The van der Waals surface area contributed by atoms with E-state index in [1.54, 1.807) is 0 Å². The van der Waals surface area contributed by atoms with Gasteiger partial charge in [0.25, 0.3) is 0 Å². The zero-order valence-corrected chi connectivity index (χ0v) is 15.5. The van der Waals surface area contributed by atoms with Gasteiger partial charge in [0.05, 0.1) is 5.92 Å². The summed E-state index contributed by atoms with van der Waals surface area (Å²) < 4.78 is 26.6. The summed E-state index contributed by atoms with van der Waals surface area (Å²) in [4.78, 5) is 25.0. The molecule has 2 nitrogen and oxygen atoms in total. The third kappa shape index (κ3) is 4.68. The Bertz CT molecular complexity index is 808. The zero-order valence-electron chi connectivity index (χ0n) is 15.5. The SMILES string of the molecule is CC(=O)C(Cc1ccc(F)c(F)c1)C(=O)[C@H]1CC[C@H](c2ccccc2)CC1. The van der Waals surface area contributed by atoms with Gasteiger partial charge in [-0.15, -0.1) is 0 Å². The standard InChI is InChI=1S/C23H24F2O2/c1-15(26)20(13-16-7-12-21(24)22(25)14-16)23(27)19-10-8-18(9-11-19)17-5-3-2-4-6-17/h2-7,12,14,18-20H,8-11,13H2,1H3/t18-,19-,20?. The molecule has 4 heteroatoms. The van der Waals surface area contributed by atoms with E-state index in [4.69, 9.17) is 0 Å². The van der Waals surface area contributed by atoms with Crippen LogP contribution in [0.3, 0.4) is 0 Å². The smallest absolute Gasteiger partial charge is 0.159 e. The first kappa shape index (κ1) is 19.4. The number of hydrogen-bond acceptors (Lipinski definition) is 2. The number of halogens is 2. The van der Waals surface area contributed by atoms with Gasteiger partial charge in [-0.3, -0.25) is 9.59 Å². The summed E-state index contributed by atoms with van der Waals surface area (Å²) in [5.41, 5.74) is 1.77. The van der Waals surface area contributed by atoms with E-state index in [-0.39, 0.29) is 23.9 Å². The van der Waals surface area contributed by atoms with Crippen LogP contribution in [-0.4, -0.2) is 11.6 Å². The van der Waals surface area contributed by atoms with Crippen LogP contribution in [-0.2, 0) is 16.0 Å². The lowest BCUT2D eigenvalue weighted by Crippen LogP contribution is -2.32. The molecule has 0 radical (unpaired) electrons. The van der Waals surface area contributed by atoms with Gasteiger partial charge in [-0.2, -0.15) is 0 Å². The second kappa shape index (κ2) is 8.55. The highest BCUT2D eigenvalue weighted by Crippen LogP contribution is 2.37. The lowest BCUT2D eigenvalue weighted by molar-refractivity contribution is -0.134. The van der Waals surface area contributed by atoms with E-state index >= 15 is 0 Å². The molecule has 0 aliphatic heterocycles. The van der Waals surface area contributed by atoms with Crippen molar-refractivity contribution < 1.29 is 18.4 Å². The molecule has 1 fully saturated rings. The average molecular weight is 370 g/mol. The molecule has 0 bridgehead atoms. The lowest BCUT2D eigenvalue weighted by atomic mass is 9.73. The normalized spacial score (nSPS) is 20.9. The van der Waals surface area contributed by atoms with E-state index in [0.717, 1.165) is 37.8 Å². The highest BCUT2D eigenvalue weighted by atomic mass is 19.2. The van der Waals surface area contributed by atoms with E-state index in [2.05, 4.69) is 12.1 Å². The molecule has 1 aliphatic carbocycles. The van der Waals surface area contributed by atoms with Crippen molar-refractivity contribution in [2.24, 2.45) is 11.8 Å². The maximum absolute atomic E-state index is 13.4. The summed E-state index contributed by atoms with van der Waals surface area (Å²) in [6, 6.07) is 13.8. The van der Waals surface area contributed by atoms with Gasteiger partial charge in [0, 0.05) is 5.92 Å². The Kier molecular flexibility index (Phi) is 6.15. The number of hydrogen-bond donors (Lipinski definition) is 0. The van der Waals surface area contributed by atoms with Crippen molar-refractivity contribution in [3.63, 3.8) is 0 Å². The molecule has 1 aliphatic rings. The molecule has 3 rings (SSSR count). The molecule has 1 saturated carbocycles. The number of Topliss-reactive ketones (excluding diaryl/α,β-unsaturated/α-hetero) is 2. The van der Waals surface area contributed by atoms with Gasteiger partial charge in [0.2, 0.25) is 0 Å². The molecular weight excluding hydrogens is 346 g/mol. The van der Waals surface area contributed by atoms with Gasteiger partial charge in [-0.05, 0) is 68.2 Å². The van der Waals surface area contributed by atoms with Gasteiger partial charge in [-0.25, -0.2) is 8.78 Å². The first-order chi connectivity index (χ1) is 13.0. The molecule has 142 valence electrons. The van der Waals surface area contributed by atoms with E-state index < -0.39 is 17.6 Å². The van der Waals surface area contributed by atoms with Crippen LogP contribution in [0.1, 0.15) is 49.7 Å². The van der Waals surface area contributed by atoms with Gasteiger partial charge in [0.1, 0.15) is 11.6 Å². The zero-order chi connectivity index (χ0) is 19.4.